The third-order valence-electron chi connectivity index (χ3n) is 3.93. The summed E-state index contributed by atoms with van der Waals surface area (Å²) >= 11 is 0. The normalized spacial score (nSPS) is 11.1. The van der Waals surface area contributed by atoms with Gasteiger partial charge in [0.2, 0.25) is 0 Å². The van der Waals surface area contributed by atoms with E-state index in [-0.39, 0.29) is 0 Å². The van der Waals surface area contributed by atoms with Crippen LogP contribution in [0.2, 0.25) is 0 Å². The van der Waals surface area contributed by atoms with Crippen LogP contribution in [0.15, 0.2) is 24.3 Å². The molecule has 0 spiro atoms. The Morgan fingerprint density at radius 1 is 0.773 bits per heavy atom. The average Bonchev–Trinajstić information content (AvgIpc) is 2.50. The van der Waals surface area contributed by atoms with Gasteiger partial charge in [0.1, 0.15) is 5.75 Å². The van der Waals surface area contributed by atoms with E-state index in [2.05, 4.69) is 6.92 Å². The van der Waals surface area contributed by atoms with Crippen molar-refractivity contribution < 1.29 is 14.3 Å². The molecule has 0 aliphatic heterocycles. The zero-order valence-corrected chi connectivity index (χ0v) is 14.7. The van der Waals surface area contributed by atoms with Crippen LogP contribution in [0.25, 0.3) is 0 Å². The van der Waals surface area contributed by atoms with E-state index in [1.54, 1.807) is 12.1 Å². The van der Waals surface area contributed by atoms with E-state index in [1.165, 1.54) is 69.8 Å². The Bertz CT molecular complexity index is 365. The predicted molar refractivity (Wildman–Crippen MR) is 94.0 cm³/mol. The molecule has 3 nitrogen and oxygen atoms in total. The Morgan fingerprint density at radius 3 is 1.77 bits per heavy atom. The monoisotopic (exact) mass is 326 g/mol. The van der Waals surface area contributed by atoms with E-state index in [9.17, 15) is 0 Å². The molecule has 126 valence electrons. The fraction of sp³-hybridized carbons (Fsp3) is 0.667. The standard InChI is InChI=1S/C18H31O3P/c1-2-3-4-5-6-7-8-9-10-11-12-17-13-15-18(16-14-17)21-22(19)20/h13-16,19-20H,2-12H2,1H3. The van der Waals surface area contributed by atoms with Gasteiger partial charge in [0.25, 0.3) is 0 Å². The summed E-state index contributed by atoms with van der Waals surface area (Å²) in [5, 5.41) is 0. The smallest absolute Gasteiger partial charge is 0.391 e. The lowest BCUT2D eigenvalue weighted by atomic mass is 10.0. The first-order valence-corrected chi connectivity index (χ1v) is 9.83. The minimum Gasteiger partial charge on any atom is -0.427 e. The van der Waals surface area contributed by atoms with Crippen LogP contribution < -0.4 is 4.52 Å². The fourth-order valence-electron chi connectivity index (χ4n) is 2.63. The summed E-state index contributed by atoms with van der Waals surface area (Å²) in [6, 6.07) is 7.60. The molecule has 0 bridgehead atoms. The first-order chi connectivity index (χ1) is 10.7. The molecule has 0 aromatic heterocycles. The number of aryl methyl sites for hydroxylation is 1. The SMILES string of the molecule is CCCCCCCCCCCCc1ccc(OP(O)O)cc1. The van der Waals surface area contributed by atoms with Crippen LogP contribution >= 0.6 is 8.60 Å². The average molecular weight is 326 g/mol. The fourth-order valence-corrected chi connectivity index (χ4v) is 2.94. The van der Waals surface area contributed by atoms with Crippen LogP contribution in [0, 0.1) is 0 Å². The summed E-state index contributed by atoms with van der Waals surface area (Å²) in [6.07, 6.45) is 14.6. The second-order valence-corrected chi connectivity index (χ2v) is 6.61. The number of hydrogen-bond acceptors (Lipinski definition) is 3. The van der Waals surface area contributed by atoms with Gasteiger partial charge in [-0.25, -0.2) is 0 Å². The Morgan fingerprint density at radius 2 is 1.27 bits per heavy atom. The van der Waals surface area contributed by atoms with Crippen molar-refractivity contribution >= 4 is 8.60 Å². The number of unbranched alkanes of at least 4 members (excludes halogenated alkanes) is 9. The lowest BCUT2D eigenvalue weighted by Crippen LogP contribution is -1.88. The van der Waals surface area contributed by atoms with Gasteiger partial charge in [-0.2, -0.15) is 0 Å². The van der Waals surface area contributed by atoms with Crippen LogP contribution in [-0.4, -0.2) is 9.79 Å². The first-order valence-electron chi connectivity index (χ1n) is 8.67. The molecule has 0 radical (unpaired) electrons. The molecule has 1 aromatic carbocycles. The zero-order valence-electron chi connectivity index (χ0n) is 13.8. The summed E-state index contributed by atoms with van der Waals surface area (Å²) in [5.41, 5.74) is 1.28. The summed E-state index contributed by atoms with van der Waals surface area (Å²) in [5.74, 6) is 0.517. The Hall–Kier alpha value is -0.630. The minimum atomic E-state index is -2.31. The van der Waals surface area contributed by atoms with E-state index < -0.39 is 8.60 Å². The van der Waals surface area contributed by atoms with E-state index in [0.29, 0.717) is 5.75 Å². The Balaban J connectivity index is 1.98. The predicted octanol–water partition coefficient (Wildman–Crippen LogP) is 5.74. The highest BCUT2D eigenvalue weighted by Crippen LogP contribution is 2.28. The van der Waals surface area contributed by atoms with Gasteiger partial charge >= 0.3 is 8.60 Å². The van der Waals surface area contributed by atoms with Crippen molar-refractivity contribution in [3.8, 4) is 5.75 Å². The Labute approximate surface area is 136 Å². The third kappa shape index (κ3) is 10.2. The van der Waals surface area contributed by atoms with Crippen molar-refractivity contribution in [3.63, 3.8) is 0 Å². The van der Waals surface area contributed by atoms with Crippen molar-refractivity contribution in [1.29, 1.82) is 0 Å². The van der Waals surface area contributed by atoms with Crippen molar-refractivity contribution in [2.75, 3.05) is 0 Å². The molecule has 0 fully saturated rings. The van der Waals surface area contributed by atoms with E-state index in [4.69, 9.17) is 14.3 Å². The molecular weight excluding hydrogens is 295 g/mol. The van der Waals surface area contributed by atoms with Crippen LogP contribution in [0.3, 0.4) is 0 Å². The van der Waals surface area contributed by atoms with E-state index >= 15 is 0 Å². The van der Waals surface area contributed by atoms with E-state index in [1.807, 2.05) is 12.1 Å². The maximum Gasteiger partial charge on any atom is 0.391 e. The van der Waals surface area contributed by atoms with Gasteiger partial charge in [0.05, 0.1) is 0 Å². The van der Waals surface area contributed by atoms with Crippen molar-refractivity contribution in [1.82, 2.24) is 0 Å². The molecule has 0 unspecified atom stereocenters. The molecule has 4 heteroatoms. The summed E-state index contributed by atoms with van der Waals surface area (Å²) < 4.78 is 4.85. The molecule has 0 saturated heterocycles. The lowest BCUT2D eigenvalue weighted by Gasteiger charge is -2.06. The largest absolute Gasteiger partial charge is 0.427 e. The van der Waals surface area contributed by atoms with Gasteiger partial charge < -0.3 is 14.3 Å². The molecule has 0 aliphatic carbocycles. The molecule has 1 rings (SSSR count). The molecule has 0 saturated carbocycles. The number of rotatable bonds is 13. The maximum atomic E-state index is 8.78. The molecule has 22 heavy (non-hydrogen) atoms. The van der Waals surface area contributed by atoms with Crippen LogP contribution in [0.5, 0.6) is 5.75 Å². The Kier molecular flexibility index (Phi) is 11.4. The van der Waals surface area contributed by atoms with Gasteiger partial charge in [0.15, 0.2) is 0 Å². The molecule has 1 aromatic rings. The topological polar surface area (TPSA) is 49.7 Å². The summed E-state index contributed by atoms with van der Waals surface area (Å²) in [6.45, 7) is 2.26. The molecule has 2 N–H and O–H groups in total. The second kappa shape index (κ2) is 12.9. The summed E-state index contributed by atoms with van der Waals surface area (Å²) in [7, 11) is -2.31. The molecule has 0 heterocycles. The van der Waals surface area contributed by atoms with E-state index in [0.717, 1.165) is 6.42 Å². The van der Waals surface area contributed by atoms with Gasteiger partial charge in [-0.15, -0.1) is 0 Å². The maximum absolute atomic E-state index is 8.78. The minimum absolute atomic E-state index is 0.517. The quantitative estimate of drug-likeness (QED) is 0.359. The summed E-state index contributed by atoms with van der Waals surface area (Å²) in [4.78, 5) is 17.6. The third-order valence-corrected chi connectivity index (χ3v) is 4.30. The molecule has 0 amide bonds. The second-order valence-electron chi connectivity index (χ2n) is 5.92. The van der Waals surface area contributed by atoms with Crippen molar-refractivity contribution in [3.05, 3.63) is 29.8 Å². The van der Waals surface area contributed by atoms with Gasteiger partial charge in [-0.3, -0.25) is 0 Å². The van der Waals surface area contributed by atoms with Crippen LogP contribution in [0.4, 0.5) is 0 Å². The zero-order chi connectivity index (χ0) is 16.0. The first kappa shape index (κ1) is 19.4. The highest BCUT2D eigenvalue weighted by Gasteiger charge is 2.02. The molecule has 0 atom stereocenters. The van der Waals surface area contributed by atoms with Crippen molar-refractivity contribution in [2.45, 2.75) is 77.6 Å². The highest BCUT2D eigenvalue weighted by molar-refractivity contribution is 7.39. The number of benzene rings is 1. The van der Waals surface area contributed by atoms with Crippen LogP contribution in [0.1, 0.15) is 76.7 Å². The van der Waals surface area contributed by atoms with Crippen LogP contribution in [-0.2, 0) is 6.42 Å². The van der Waals surface area contributed by atoms with Crippen molar-refractivity contribution in [2.24, 2.45) is 0 Å². The molecular formula is C18H31O3P. The highest BCUT2D eigenvalue weighted by atomic mass is 31.2. The van der Waals surface area contributed by atoms with Gasteiger partial charge in [-0.05, 0) is 30.5 Å². The van der Waals surface area contributed by atoms with Gasteiger partial charge in [0, 0.05) is 0 Å². The molecule has 0 aliphatic rings. The number of hydrogen-bond donors (Lipinski definition) is 2. The van der Waals surface area contributed by atoms with Gasteiger partial charge in [-0.1, -0.05) is 76.8 Å². The lowest BCUT2D eigenvalue weighted by molar-refractivity contribution is 0.375.